The molecule has 4 nitrogen and oxygen atoms in total. The summed E-state index contributed by atoms with van der Waals surface area (Å²) in [7, 11) is 3.85. The summed E-state index contributed by atoms with van der Waals surface area (Å²) in [6.45, 7) is 1.56. The molecule has 18 heavy (non-hydrogen) atoms. The minimum Gasteiger partial charge on any atom is -0.486 e. The van der Waals surface area contributed by atoms with Crippen LogP contribution < -0.4 is 10.1 Å². The van der Waals surface area contributed by atoms with Gasteiger partial charge in [-0.3, -0.25) is 4.68 Å². The number of rotatable bonds is 6. The lowest BCUT2D eigenvalue weighted by atomic mass is 10.1. The van der Waals surface area contributed by atoms with E-state index >= 15 is 0 Å². The monoisotopic (exact) mass is 245 g/mol. The summed E-state index contributed by atoms with van der Waals surface area (Å²) in [6, 6.07) is 8.38. The second-order valence-electron chi connectivity index (χ2n) is 4.26. The highest BCUT2D eigenvalue weighted by atomic mass is 16.5. The van der Waals surface area contributed by atoms with Crippen LogP contribution in [0.5, 0.6) is 5.75 Å². The predicted octanol–water partition coefficient (Wildman–Crippen LogP) is 1.76. The van der Waals surface area contributed by atoms with Crippen molar-refractivity contribution < 1.29 is 4.74 Å². The number of aryl methyl sites for hydroxylation is 1. The molecule has 0 aliphatic rings. The average molecular weight is 245 g/mol. The standard InChI is InChI=1S/C14H19N3O/c1-15-8-7-12-5-3-4-6-13(12)11-18-14-9-16-17(2)10-14/h3-6,9-10,15H,7-8,11H2,1-2H3. The Balaban J connectivity index is 1.99. The molecule has 0 saturated heterocycles. The maximum Gasteiger partial charge on any atom is 0.157 e. The molecule has 0 amide bonds. The van der Waals surface area contributed by atoms with Crippen LogP contribution in [0.3, 0.4) is 0 Å². The summed E-state index contributed by atoms with van der Waals surface area (Å²) in [5, 5.41) is 7.25. The van der Waals surface area contributed by atoms with Crippen LogP contribution in [-0.4, -0.2) is 23.4 Å². The van der Waals surface area contributed by atoms with E-state index in [1.165, 1.54) is 11.1 Å². The molecule has 1 aromatic carbocycles. The number of likely N-dealkylation sites (N-methyl/N-ethyl adjacent to an activating group) is 1. The molecule has 0 bridgehead atoms. The molecule has 0 unspecified atom stereocenters. The van der Waals surface area contributed by atoms with E-state index in [0.29, 0.717) is 6.61 Å². The van der Waals surface area contributed by atoms with E-state index in [9.17, 15) is 0 Å². The first-order valence-corrected chi connectivity index (χ1v) is 6.12. The first-order chi connectivity index (χ1) is 8.79. The van der Waals surface area contributed by atoms with Crippen LogP contribution in [0.25, 0.3) is 0 Å². The van der Waals surface area contributed by atoms with Gasteiger partial charge in [0.05, 0.1) is 12.4 Å². The normalized spacial score (nSPS) is 10.6. The van der Waals surface area contributed by atoms with Gasteiger partial charge >= 0.3 is 0 Å². The lowest BCUT2D eigenvalue weighted by molar-refractivity contribution is 0.304. The number of nitrogens with zero attached hydrogens (tertiary/aromatic N) is 2. The van der Waals surface area contributed by atoms with Crippen molar-refractivity contribution in [3.8, 4) is 5.75 Å². The summed E-state index contributed by atoms with van der Waals surface area (Å²) >= 11 is 0. The maximum atomic E-state index is 5.73. The molecule has 0 radical (unpaired) electrons. The van der Waals surface area contributed by atoms with E-state index in [2.05, 4.69) is 28.6 Å². The second kappa shape index (κ2) is 6.21. The van der Waals surface area contributed by atoms with Gasteiger partial charge in [-0.1, -0.05) is 24.3 Å². The number of ether oxygens (including phenoxy) is 1. The Morgan fingerprint density at radius 2 is 2.06 bits per heavy atom. The average Bonchev–Trinajstić information content (AvgIpc) is 2.81. The zero-order valence-corrected chi connectivity index (χ0v) is 10.9. The van der Waals surface area contributed by atoms with Crippen molar-refractivity contribution in [2.75, 3.05) is 13.6 Å². The van der Waals surface area contributed by atoms with Crippen molar-refractivity contribution in [2.24, 2.45) is 7.05 Å². The van der Waals surface area contributed by atoms with Crippen molar-refractivity contribution in [3.63, 3.8) is 0 Å². The van der Waals surface area contributed by atoms with Gasteiger partial charge in [-0.25, -0.2) is 0 Å². The molecular formula is C14H19N3O. The van der Waals surface area contributed by atoms with E-state index < -0.39 is 0 Å². The van der Waals surface area contributed by atoms with Gasteiger partial charge in [-0.15, -0.1) is 0 Å². The third-order valence-electron chi connectivity index (χ3n) is 2.84. The van der Waals surface area contributed by atoms with Crippen LogP contribution in [-0.2, 0) is 20.1 Å². The van der Waals surface area contributed by atoms with Gasteiger partial charge in [-0.05, 0) is 31.1 Å². The van der Waals surface area contributed by atoms with E-state index in [1.54, 1.807) is 10.9 Å². The molecule has 4 heteroatoms. The van der Waals surface area contributed by atoms with Gasteiger partial charge in [0.1, 0.15) is 6.61 Å². The maximum absolute atomic E-state index is 5.73. The summed E-state index contributed by atoms with van der Waals surface area (Å²) < 4.78 is 7.47. The molecule has 0 aliphatic carbocycles. The van der Waals surface area contributed by atoms with Crippen molar-refractivity contribution in [1.29, 1.82) is 0 Å². The summed E-state index contributed by atoms with van der Waals surface area (Å²) in [5.41, 5.74) is 2.56. The molecule has 0 aliphatic heterocycles. The van der Waals surface area contributed by atoms with Crippen LogP contribution >= 0.6 is 0 Å². The SMILES string of the molecule is CNCCc1ccccc1COc1cnn(C)c1. The van der Waals surface area contributed by atoms with Crippen molar-refractivity contribution in [2.45, 2.75) is 13.0 Å². The number of aromatic nitrogens is 2. The van der Waals surface area contributed by atoms with E-state index in [4.69, 9.17) is 4.74 Å². The molecule has 0 spiro atoms. The Kier molecular flexibility index (Phi) is 4.36. The Hall–Kier alpha value is -1.81. The summed E-state index contributed by atoms with van der Waals surface area (Å²) in [4.78, 5) is 0. The molecule has 2 rings (SSSR count). The van der Waals surface area contributed by atoms with Gasteiger partial charge in [0.25, 0.3) is 0 Å². The quantitative estimate of drug-likeness (QED) is 0.843. The van der Waals surface area contributed by atoms with Gasteiger partial charge < -0.3 is 10.1 Å². The first kappa shape index (κ1) is 12.6. The molecule has 2 aromatic rings. The van der Waals surface area contributed by atoms with Crippen LogP contribution in [0.15, 0.2) is 36.7 Å². The van der Waals surface area contributed by atoms with Crippen molar-refractivity contribution >= 4 is 0 Å². The lowest BCUT2D eigenvalue weighted by Crippen LogP contribution is -2.12. The molecular weight excluding hydrogens is 226 g/mol. The van der Waals surface area contributed by atoms with Crippen LogP contribution in [0.1, 0.15) is 11.1 Å². The molecule has 1 N–H and O–H groups in total. The zero-order chi connectivity index (χ0) is 12.8. The highest BCUT2D eigenvalue weighted by molar-refractivity contribution is 5.27. The number of hydrogen-bond acceptors (Lipinski definition) is 3. The molecule has 96 valence electrons. The molecule has 0 saturated carbocycles. The Labute approximate surface area is 108 Å². The zero-order valence-electron chi connectivity index (χ0n) is 10.9. The number of benzene rings is 1. The highest BCUT2D eigenvalue weighted by Crippen LogP contribution is 2.14. The topological polar surface area (TPSA) is 39.1 Å². The number of nitrogens with one attached hydrogen (secondary N) is 1. The van der Waals surface area contributed by atoms with E-state index in [1.807, 2.05) is 26.4 Å². The minimum atomic E-state index is 0.589. The van der Waals surface area contributed by atoms with Gasteiger partial charge in [0.2, 0.25) is 0 Å². The minimum absolute atomic E-state index is 0.589. The largest absolute Gasteiger partial charge is 0.486 e. The lowest BCUT2D eigenvalue weighted by Gasteiger charge is -2.09. The summed E-state index contributed by atoms with van der Waals surface area (Å²) in [6.07, 6.45) is 4.62. The van der Waals surface area contributed by atoms with Crippen molar-refractivity contribution in [1.82, 2.24) is 15.1 Å². The Bertz CT molecular complexity index is 493. The number of hydrogen-bond donors (Lipinski definition) is 1. The fourth-order valence-corrected chi connectivity index (χ4v) is 1.84. The third-order valence-corrected chi connectivity index (χ3v) is 2.84. The van der Waals surface area contributed by atoms with Crippen molar-refractivity contribution in [3.05, 3.63) is 47.8 Å². The highest BCUT2D eigenvalue weighted by Gasteiger charge is 2.03. The Morgan fingerprint density at radius 3 is 2.72 bits per heavy atom. The van der Waals surface area contributed by atoms with Crippen LogP contribution in [0.4, 0.5) is 0 Å². The van der Waals surface area contributed by atoms with Gasteiger partial charge in [-0.2, -0.15) is 5.10 Å². The van der Waals surface area contributed by atoms with Gasteiger partial charge in [0, 0.05) is 7.05 Å². The van der Waals surface area contributed by atoms with Gasteiger partial charge in [0.15, 0.2) is 5.75 Å². The Morgan fingerprint density at radius 1 is 1.28 bits per heavy atom. The molecule has 0 atom stereocenters. The van der Waals surface area contributed by atoms with Crippen LogP contribution in [0.2, 0.25) is 0 Å². The second-order valence-corrected chi connectivity index (χ2v) is 4.26. The van der Waals surface area contributed by atoms with E-state index in [0.717, 1.165) is 18.7 Å². The fourth-order valence-electron chi connectivity index (χ4n) is 1.84. The first-order valence-electron chi connectivity index (χ1n) is 6.12. The smallest absolute Gasteiger partial charge is 0.157 e. The van der Waals surface area contributed by atoms with E-state index in [-0.39, 0.29) is 0 Å². The fraction of sp³-hybridized carbons (Fsp3) is 0.357. The molecule has 1 aromatic heterocycles. The summed E-state index contributed by atoms with van der Waals surface area (Å²) in [5.74, 6) is 0.806. The molecule has 1 heterocycles. The molecule has 0 fully saturated rings. The third kappa shape index (κ3) is 3.34. The van der Waals surface area contributed by atoms with Crippen LogP contribution in [0, 0.1) is 0 Å². The predicted molar refractivity (Wildman–Crippen MR) is 71.6 cm³/mol.